The smallest absolute Gasteiger partial charge is 0.246 e. The second kappa shape index (κ2) is 7.63. The number of carbonyl (C=O) groups excluding carboxylic acids is 1. The summed E-state index contributed by atoms with van der Waals surface area (Å²) < 4.78 is 1.88. The van der Waals surface area contributed by atoms with Gasteiger partial charge in [-0.2, -0.15) is 0 Å². The zero-order valence-corrected chi connectivity index (χ0v) is 17.6. The van der Waals surface area contributed by atoms with Crippen LogP contribution in [0.4, 0.5) is 5.82 Å². The molecule has 0 radical (unpaired) electrons. The quantitative estimate of drug-likeness (QED) is 0.743. The average Bonchev–Trinajstić information content (AvgIpc) is 3.43. The Hall–Kier alpha value is -2.51. The van der Waals surface area contributed by atoms with Crippen LogP contribution in [0.2, 0.25) is 5.02 Å². The number of hydrogen-bond donors (Lipinski definition) is 1. The van der Waals surface area contributed by atoms with Gasteiger partial charge in [-0.15, -0.1) is 0 Å². The Morgan fingerprint density at radius 1 is 1.20 bits per heavy atom. The number of rotatable bonds is 5. The van der Waals surface area contributed by atoms with Crippen LogP contribution in [-0.2, 0) is 4.79 Å². The molecule has 5 rings (SSSR count). The van der Waals surface area contributed by atoms with Crippen molar-refractivity contribution in [3.8, 4) is 11.4 Å². The van der Waals surface area contributed by atoms with E-state index in [2.05, 4.69) is 21.4 Å². The Bertz CT molecular complexity index is 972. The summed E-state index contributed by atoms with van der Waals surface area (Å²) in [6.07, 6.45) is 7.43. The van der Waals surface area contributed by atoms with Crippen molar-refractivity contribution in [1.29, 1.82) is 0 Å². The molecule has 1 aromatic carbocycles. The third-order valence-corrected chi connectivity index (χ3v) is 6.79. The first kappa shape index (κ1) is 19.5. The zero-order chi connectivity index (χ0) is 20.8. The van der Waals surface area contributed by atoms with E-state index in [-0.39, 0.29) is 11.7 Å². The fraction of sp³-hybridized carbons (Fsp3) is 0.455. The number of imidazole rings is 1. The Balaban J connectivity index is 1.23. The number of phenols is 1. The SMILES string of the molecule is C=CC(=O)N1CC(N2CCN(c3cn(-c4cc(C5CC5)c(Cl)cc4O)cn3)CC2)C1. The standard InChI is InChI=1S/C22H26ClN5O2/c1-2-22(30)27-11-16(12-27)25-5-7-26(8-6-25)21-13-28(14-24-21)19-9-17(15-3-4-15)18(23)10-20(19)29/h2,9-10,13-16,29H,1,3-8,11-12H2. The molecular formula is C22H26ClN5O2. The number of benzene rings is 1. The van der Waals surface area contributed by atoms with Gasteiger partial charge in [0, 0.05) is 56.4 Å². The highest BCUT2D eigenvalue weighted by Gasteiger charge is 2.35. The molecule has 1 amide bonds. The molecule has 2 saturated heterocycles. The molecule has 3 fully saturated rings. The number of halogens is 1. The van der Waals surface area contributed by atoms with E-state index in [1.54, 1.807) is 12.4 Å². The second-order valence-electron chi connectivity index (χ2n) is 8.40. The van der Waals surface area contributed by atoms with E-state index in [4.69, 9.17) is 11.6 Å². The topological polar surface area (TPSA) is 64.8 Å². The van der Waals surface area contributed by atoms with Crippen molar-refractivity contribution < 1.29 is 9.90 Å². The van der Waals surface area contributed by atoms with E-state index in [1.807, 2.05) is 21.7 Å². The third-order valence-electron chi connectivity index (χ3n) is 6.46. The van der Waals surface area contributed by atoms with Gasteiger partial charge in [-0.1, -0.05) is 18.2 Å². The lowest BCUT2D eigenvalue weighted by atomic mass is 10.1. The average molecular weight is 428 g/mol. The Morgan fingerprint density at radius 2 is 1.93 bits per heavy atom. The second-order valence-corrected chi connectivity index (χ2v) is 8.81. The van der Waals surface area contributed by atoms with Gasteiger partial charge in [0.2, 0.25) is 5.91 Å². The van der Waals surface area contributed by atoms with Crippen LogP contribution in [0.15, 0.2) is 37.3 Å². The van der Waals surface area contributed by atoms with Crippen LogP contribution >= 0.6 is 11.6 Å². The molecule has 2 aromatic rings. The number of hydrogen-bond acceptors (Lipinski definition) is 5. The number of aromatic nitrogens is 2. The van der Waals surface area contributed by atoms with Crippen LogP contribution in [0.5, 0.6) is 5.75 Å². The minimum absolute atomic E-state index is 0.0192. The van der Waals surface area contributed by atoms with Gasteiger partial charge in [-0.3, -0.25) is 9.69 Å². The summed E-state index contributed by atoms with van der Waals surface area (Å²) >= 11 is 6.32. The molecule has 3 aliphatic rings. The lowest BCUT2D eigenvalue weighted by Crippen LogP contribution is -2.64. The predicted molar refractivity (Wildman–Crippen MR) is 117 cm³/mol. The molecular weight excluding hydrogens is 402 g/mol. The van der Waals surface area contributed by atoms with E-state index in [1.165, 1.54) is 6.08 Å². The number of likely N-dealkylation sites (tertiary alicyclic amines) is 1. The largest absolute Gasteiger partial charge is 0.506 e. The highest BCUT2D eigenvalue weighted by molar-refractivity contribution is 6.31. The maximum absolute atomic E-state index is 11.6. The number of nitrogens with zero attached hydrogens (tertiary/aromatic N) is 5. The summed E-state index contributed by atoms with van der Waals surface area (Å²) in [5, 5.41) is 11.0. The van der Waals surface area contributed by atoms with Crippen LogP contribution in [0.3, 0.4) is 0 Å². The van der Waals surface area contributed by atoms with Crippen molar-refractivity contribution >= 4 is 23.3 Å². The van der Waals surface area contributed by atoms with Gasteiger partial charge < -0.3 is 19.5 Å². The van der Waals surface area contributed by atoms with E-state index < -0.39 is 0 Å². The van der Waals surface area contributed by atoms with Gasteiger partial charge in [-0.25, -0.2) is 4.98 Å². The number of phenolic OH excluding ortho intramolecular Hbond substituents is 1. The molecule has 3 heterocycles. The van der Waals surface area contributed by atoms with E-state index in [0.29, 0.717) is 17.0 Å². The van der Waals surface area contributed by atoms with Gasteiger partial charge in [0.15, 0.2) is 0 Å². The molecule has 1 saturated carbocycles. The zero-order valence-electron chi connectivity index (χ0n) is 16.9. The minimum atomic E-state index is 0.0192. The van der Waals surface area contributed by atoms with Gasteiger partial charge in [-0.05, 0) is 36.5 Å². The maximum atomic E-state index is 11.6. The lowest BCUT2D eigenvalue weighted by molar-refractivity contribution is -0.133. The van der Waals surface area contributed by atoms with Crippen molar-refractivity contribution in [2.24, 2.45) is 0 Å². The maximum Gasteiger partial charge on any atom is 0.246 e. The molecule has 7 nitrogen and oxygen atoms in total. The number of amides is 1. The lowest BCUT2D eigenvalue weighted by Gasteiger charge is -2.47. The normalized spacial score (nSPS) is 20.3. The van der Waals surface area contributed by atoms with E-state index >= 15 is 0 Å². The fourth-order valence-electron chi connectivity index (χ4n) is 4.40. The molecule has 0 atom stereocenters. The van der Waals surface area contributed by atoms with Crippen LogP contribution in [0, 0.1) is 0 Å². The van der Waals surface area contributed by atoms with Gasteiger partial charge >= 0.3 is 0 Å². The first-order chi connectivity index (χ1) is 14.5. The number of anilines is 1. The number of carbonyl (C=O) groups is 1. The molecule has 0 unspecified atom stereocenters. The summed E-state index contributed by atoms with van der Waals surface area (Å²) in [6, 6.07) is 4.08. The number of piperazine rings is 1. The van der Waals surface area contributed by atoms with Crippen molar-refractivity contribution in [2.75, 3.05) is 44.2 Å². The summed E-state index contributed by atoms with van der Waals surface area (Å²) in [7, 11) is 0. The first-order valence-electron chi connectivity index (χ1n) is 10.5. The van der Waals surface area contributed by atoms with Gasteiger partial charge in [0.05, 0.1) is 11.9 Å². The van der Waals surface area contributed by atoms with Crippen molar-refractivity contribution in [2.45, 2.75) is 24.8 Å². The van der Waals surface area contributed by atoms with Gasteiger partial charge in [0.1, 0.15) is 17.9 Å². The van der Waals surface area contributed by atoms with Gasteiger partial charge in [0.25, 0.3) is 0 Å². The Kier molecular flexibility index (Phi) is 4.95. The van der Waals surface area contributed by atoms with Crippen molar-refractivity contribution in [1.82, 2.24) is 19.4 Å². The predicted octanol–water partition coefficient (Wildman–Crippen LogP) is 2.63. The van der Waals surface area contributed by atoms with Crippen molar-refractivity contribution in [3.63, 3.8) is 0 Å². The molecule has 2 aliphatic heterocycles. The molecule has 1 aromatic heterocycles. The van der Waals surface area contributed by atoms with E-state index in [9.17, 15) is 9.90 Å². The van der Waals surface area contributed by atoms with Crippen LogP contribution in [0.1, 0.15) is 24.3 Å². The molecule has 30 heavy (non-hydrogen) atoms. The molecule has 1 N–H and O–H groups in total. The summed E-state index contributed by atoms with van der Waals surface area (Å²) in [5.74, 6) is 1.61. The fourth-order valence-corrected chi connectivity index (χ4v) is 4.71. The molecule has 158 valence electrons. The molecule has 0 spiro atoms. The van der Waals surface area contributed by atoms with Crippen LogP contribution in [0.25, 0.3) is 5.69 Å². The molecule has 8 heteroatoms. The van der Waals surface area contributed by atoms with Crippen molar-refractivity contribution in [3.05, 3.63) is 47.9 Å². The Morgan fingerprint density at radius 3 is 2.60 bits per heavy atom. The summed E-state index contributed by atoms with van der Waals surface area (Å²) in [5.41, 5.74) is 1.83. The van der Waals surface area contributed by atoms with Crippen LogP contribution < -0.4 is 4.90 Å². The highest BCUT2D eigenvalue weighted by atomic mass is 35.5. The minimum Gasteiger partial charge on any atom is -0.506 e. The Labute approximate surface area is 181 Å². The van der Waals surface area contributed by atoms with E-state index in [0.717, 1.165) is 69.2 Å². The molecule has 0 bridgehead atoms. The third kappa shape index (κ3) is 3.56. The molecule has 1 aliphatic carbocycles. The van der Waals surface area contributed by atoms with Crippen LogP contribution in [-0.4, -0.2) is 75.7 Å². The number of aromatic hydroxyl groups is 1. The highest BCUT2D eigenvalue weighted by Crippen LogP contribution is 2.45. The summed E-state index contributed by atoms with van der Waals surface area (Å²) in [6.45, 7) is 8.82. The summed E-state index contributed by atoms with van der Waals surface area (Å²) in [4.78, 5) is 22.8. The first-order valence-corrected chi connectivity index (χ1v) is 10.9. The monoisotopic (exact) mass is 427 g/mol.